The minimum Gasteiger partial charge on any atom is -0.271 e. The third-order valence-corrected chi connectivity index (χ3v) is 2.00. The van der Waals surface area contributed by atoms with E-state index in [0.29, 0.717) is 5.92 Å². The summed E-state index contributed by atoms with van der Waals surface area (Å²) in [5.41, 5.74) is 1.19. The summed E-state index contributed by atoms with van der Waals surface area (Å²) in [5, 5.41) is 3.98. The predicted octanol–water partition coefficient (Wildman–Crippen LogP) is 2.11. The molecule has 3 heteroatoms. The van der Waals surface area contributed by atoms with Gasteiger partial charge in [0.1, 0.15) is 6.20 Å². The van der Waals surface area contributed by atoms with Gasteiger partial charge in [0.25, 0.3) is 0 Å². The molecular formula is C7H10BrN2. The highest BCUT2D eigenvalue weighted by Crippen LogP contribution is 2.22. The summed E-state index contributed by atoms with van der Waals surface area (Å²) in [4.78, 5) is 0. The lowest BCUT2D eigenvalue weighted by atomic mass is 10.1. The Morgan fingerprint density at radius 2 is 2.20 bits per heavy atom. The van der Waals surface area contributed by atoms with Crippen LogP contribution >= 0.6 is 15.9 Å². The van der Waals surface area contributed by atoms with Crippen molar-refractivity contribution in [1.29, 1.82) is 0 Å². The highest BCUT2D eigenvalue weighted by Gasteiger charge is 2.09. The Morgan fingerprint density at radius 3 is 2.40 bits per heavy atom. The van der Waals surface area contributed by atoms with Gasteiger partial charge in [-0.2, -0.15) is 5.10 Å². The lowest BCUT2D eigenvalue weighted by molar-refractivity contribution is 0.666. The van der Waals surface area contributed by atoms with E-state index >= 15 is 0 Å². The van der Waals surface area contributed by atoms with E-state index in [0.717, 1.165) is 4.47 Å². The van der Waals surface area contributed by atoms with E-state index in [-0.39, 0.29) is 0 Å². The number of nitrogens with zero attached hydrogens (tertiary/aromatic N) is 2. The minimum atomic E-state index is 0.498. The van der Waals surface area contributed by atoms with E-state index in [1.165, 1.54) is 5.69 Å². The quantitative estimate of drug-likeness (QED) is 0.681. The van der Waals surface area contributed by atoms with Crippen molar-refractivity contribution in [3.8, 4) is 0 Å². The molecule has 1 aromatic heterocycles. The third kappa shape index (κ3) is 1.24. The van der Waals surface area contributed by atoms with Crippen LogP contribution in [0.3, 0.4) is 0 Å². The van der Waals surface area contributed by atoms with Crippen molar-refractivity contribution in [2.45, 2.75) is 19.8 Å². The van der Waals surface area contributed by atoms with Crippen LogP contribution in [0.4, 0.5) is 0 Å². The van der Waals surface area contributed by atoms with Gasteiger partial charge in [0.2, 0.25) is 0 Å². The summed E-state index contributed by atoms with van der Waals surface area (Å²) in [6.07, 6.45) is 2.85. The molecule has 10 heavy (non-hydrogen) atoms. The lowest BCUT2D eigenvalue weighted by Gasteiger charge is -2.04. The maximum Gasteiger partial charge on any atom is 0.128 e. The van der Waals surface area contributed by atoms with Crippen LogP contribution in [0.1, 0.15) is 25.5 Å². The second-order valence-electron chi connectivity index (χ2n) is 2.59. The van der Waals surface area contributed by atoms with E-state index in [1.807, 2.05) is 11.7 Å². The zero-order valence-electron chi connectivity index (χ0n) is 6.35. The number of hydrogen-bond donors (Lipinski definition) is 0. The van der Waals surface area contributed by atoms with Crippen LogP contribution in [0.15, 0.2) is 4.47 Å². The Hall–Kier alpha value is -0.310. The molecule has 1 radical (unpaired) electrons. The number of halogens is 1. The van der Waals surface area contributed by atoms with E-state index in [9.17, 15) is 0 Å². The number of rotatable bonds is 1. The second-order valence-corrected chi connectivity index (χ2v) is 3.38. The lowest BCUT2D eigenvalue weighted by Crippen LogP contribution is -1.99. The maximum atomic E-state index is 3.98. The van der Waals surface area contributed by atoms with Gasteiger partial charge in [-0.1, -0.05) is 13.8 Å². The van der Waals surface area contributed by atoms with Gasteiger partial charge in [0.15, 0.2) is 0 Å². The molecule has 0 saturated carbocycles. The molecule has 1 aromatic rings. The third-order valence-electron chi connectivity index (χ3n) is 1.42. The smallest absolute Gasteiger partial charge is 0.128 e. The molecule has 0 bridgehead atoms. The summed E-state index contributed by atoms with van der Waals surface area (Å²) in [7, 11) is 1.93. The Labute approximate surface area is 69.4 Å². The molecule has 0 aliphatic heterocycles. The monoisotopic (exact) mass is 201 g/mol. The average molecular weight is 202 g/mol. The Balaban J connectivity index is 3.10. The van der Waals surface area contributed by atoms with Gasteiger partial charge in [-0.25, -0.2) is 0 Å². The summed E-state index contributed by atoms with van der Waals surface area (Å²) in [6, 6.07) is 0. The van der Waals surface area contributed by atoms with Crippen molar-refractivity contribution < 1.29 is 0 Å². The van der Waals surface area contributed by atoms with E-state index < -0.39 is 0 Å². The van der Waals surface area contributed by atoms with Gasteiger partial charge in [-0.3, -0.25) is 4.68 Å². The summed E-state index contributed by atoms with van der Waals surface area (Å²) in [5.74, 6) is 0.498. The van der Waals surface area contributed by atoms with Crippen molar-refractivity contribution in [2.24, 2.45) is 7.05 Å². The molecule has 1 rings (SSSR count). The molecule has 55 valence electrons. The molecule has 1 heterocycles. The van der Waals surface area contributed by atoms with Gasteiger partial charge in [-0.15, -0.1) is 0 Å². The van der Waals surface area contributed by atoms with E-state index in [4.69, 9.17) is 0 Å². The molecular weight excluding hydrogens is 192 g/mol. The van der Waals surface area contributed by atoms with Gasteiger partial charge in [0.05, 0.1) is 10.2 Å². The van der Waals surface area contributed by atoms with Gasteiger partial charge >= 0.3 is 0 Å². The molecule has 0 spiro atoms. The summed E-state index contributed by atoms with van der Waals surface area (Å²) < 4.78 is 2.82. The van der Waals surface area contributed by atoms with Crippen LogP contribution in [0.2, 0.25) is 0 Å². The van der Waals surface area contributed by atoms with Crippen LogP contribution in [-0.4, -0.2) is 9.78 Å². The van der Waals surface area contributed by atoms with E-state index in [1.54, 1.807) is 0 Å². The fourth-order valence-corrected chi connectivity index (χ4v) is 1.79. The van der Waals surface area contributed by atoms with Crippen LogP contribution in [0, 0.1) is 6.20 Å². The molecule has 0 aliphatic carbocycles. The molecule has 0 unspecified atom stereocenters. The van der Waals surface area contributed by atoms with Crippen molar-refractivity contribution in [1.82, 2.24) is 9.78 Å². The fraction of sp³-hybridized carbons (Fsp3) is 0.571. The van der Waals surface area contributed by atoms with Gasteiger partial charge < -0.3 is 0 Å². The first kappa shape index (κ1) is 7.79. The van der Waals surface area contributed by atoms with Crippen LogP contribution in [-0.2, 0) is 7.05 Å². The molecule has 0 amide bonds. The van der Waals surface area contributed by atoms with Crippen LogP contribution < -0.4 is 0 Å². The van der Waals surface area contributed by atoms with Crippen LogP contribution in [0.5, 0.6) is 0 Å². The number of aryl methyl sites for hydroxylation is 1. The molecule has 0 saturated heterocycles. The molecule has 0 aliphatic rings. The summed E-state index contributed by atoms with van der Waals surface area (Å²) in [6.45, 7) is 4.27. The summed E-state index contributed by atoms with van der Waals surface area (Å²) >= 11 is 3.38. The standard InChI is InChI=1S/C7H10BrN2/c1-5(2)7-6(8)4-9-10(7)3/h5H,1-3H3. The van der Waals surface area contributed by atoms with Crippen molar-refractivity contribution in [3.63, 3.8) is 0 Å². The number of aromatic nitrogens is 2. The Bertz CT molecular complexity index is 208. The topological polar surface area (TPSA) is 17.8 Å². The van der Waals surface area contributed by atoms with Crippen LogP contribution in [0.25, 0.3) is 0 Å². The molecule has 0 atom stereocenters. The van der Waals surface area contributed by atoms with Gasteiger partial charge in [0, 0.05) is 7.05 Å². The number of hydrogen-bond acceptors (Lipinski definition) is 1. The molecule has 0 aromatic carbocycles. The first-order valence-electron chi connectivity index (χ1n) is 3.23. The molecule has 0 fully saturated rings. The fourth-order valence-electron chi connectivity index (χ4n) is 0.999. The SMILES string of the molecule is CC(C)c1c(Br)[c]nn1C. The minimum absolute atomic E-state index is 0.498. The maximum absolute atomic E-state index is 3.98. The van der Waals surface area contributed by atoms with E-state index in [2.05, 4.69) is 41.1 Å². The highest BCUT2D eigenvalue weighted by atomic mass is 79.9. The second kappa shape index (κ2) is 2.74. The van der Waals surface area contributed by atoms with Crippen molar-refractivity contribution >= 4 is 15.9 Å². The Morgan fingerprint density at radius 1 is 1.60 bits per heavy atom. The Kier molecular flexibility index (Phi) is 2.14. The zero-order chi connectivity index (χ0) is 7.72. The zero-order valence-corrected chi connectivity index (χ0v) is 7.94. The molecule has 0 N–H and O–H groups in total. The van der Waals surface area contributed by atoms with Gasteiger partial charge in [-0.05, 0) is 21.8 Å². The van der Waals surface area contributed by atoms with Crippen molar-refractivity contribution in [3.05, 3.63) is 16.4 Å². The average Bonchev–Trinajstić information content (AvgIpc) is 2.11. The first-order valence-corrected chi connectivity index (χ1v) is 4.02. The van der Waals surface area contributed by atoms with Crippen molar-refractivity contribution in [2.75, 3.05) is 0 Å². The normalized spacial score (nSPS) is 10.9. The predicted molar refractivity (Wildman–Crippen MR) is 43.8 cm³/mol. The largest absolute Gasteiger partial charge is 0.271 e. The molecule has 2 nitrogen and oxygen atoms in total. The highest BCUT2D eigenvalue weighted by molar-refractivity contribution is 9.10. The first-order chi connectivity index (χ1) is 4.63.